The summed E-state index contributed by atoms with van der Waals surface area (Å²) in [7, 11) is 0.628. The summed E-state index contributed by atoms with van der Waals surface area (Å²) in [5.41, 5.74) is 3.22. The molecule has 0 spiro atoms. The van der Waals surface area contributed by atoms with Crippen LogP contribution in [0.25, 0.3) is 0 Å². The van der Waals surface area contributed by atoms with Crippen LogP contribution in [0.3, 0.4) is 0 Å². The van der Waals surface area contributed by atoms with Crippen LogP contribution in [0.2, 0.25) is 0 Å². The van der Waals surface area contributed by atoms with Crippen molar-refractivity contribution in [1.82, 2.24) is 0 Å². The fourth-order valence-corrected chi connectivity index (χ4v) is 2.86. The van der Waals surface area contributed by atoms with E-state index in [2.05, 4.69) is 113 Å². The Labute approximate surface area is 278 Å². The molecule has 0 N–H and O–H groups in total. The Morgan fingerprint density at radius 3 is 1.72 bits per heavy atom. The van der Waals surface area contributed by atoms with E-state index in [1.165, 1.54) is 5.57 Å². The molecule has 0 aromatic rings. The van der Waals surface area contributed by atoms with Crippen molar-refractivity contribution in [2.24, 2.45) is 17.8 Å². The van der Waals surface area contributed by atoms with Crippen LogP contribution in [0.15, 0.2) is 36.0 Å². The Hall–Kier alpha value is 4.08. The molecule has 0 aromatic carbocycles. The zero-order valence-corrected chi connectivity index (χ0v) is 33.9. The second-order valence-corrected chi connectivity index (χ2v) is 54.4. The molecule has 2 rings (SSSR count). The number of ketones is 2. The average Bonchev–Trinajstić information content (AvgIpc) is 2.60. The second-order valence-electron chi connectivity index (χ2n) is 7.24. The molecule has 32 heavy (non-hydrogen) atoms. The van der Waals surface area contributed by atoms with Crippen LogP contribution in [0.5, 0.6) is 0 Å². The molecule has 11 heteroatoms. The van der Waals surface area contributed by atoms with Crippen LogP contribution in [0.4, 0.5) is 0 Å². The molecule has 2 aliphatic rings. The normalized spacial score (nSPS) is 21.1. The van der Waals surface area contributed by atoms with E-state index in [1.54, 1.807) is 0 Å². The molecule has 2 aliphatic carbocycles. The van der Waals surface area contributed by atoms with Crippen LogP contribution in [0.1, 0.15) is 67.2 Å². The van der Waals surface area contributed by atoms with Gasteiger partial charge in [-0.2, -0.15) is 27.0 Å². The molecule has 3 atom stereocenters. The van der Waals surface area contributed by atoms with Gasteiger partial charge in [0.15, 0.2) is 5.78 Å². The third-order valence-corrected chi connectivity index (χ3v) is 4.92. The van der Waals surface area contributed by atoms with Crippen LogP contribution in [0, 0.1) is 17.8 Å². The summed E-state index contributed by atoms with van der Waals surface area (Å²) >= 11 is 12.1. The number of carbonyl (C=O) groups excluding carboxylic acids is 2. The number of halogens is 5. The molecule has 191 valence electrons. The van der Waals surface area contributed by atoms with Crippen molar-refractivity contribution in [3.05, 3.63) is 36.0 Å². The van der Waals surface area contributed by atoms with Gasteiger partial charge in [-0.1, -0.05) is 44.7 Å². The number of allylic oxidation sites excluding steroid dienone is 4. The van der Waals surface area contributed by atoms with E-state index < -0.39 is 0 Å². The van der Waals surface area contributed by atoms with Crippen LogP contribution >= 0.6 is 127 Å². The Balaban J connectivity index is -0.000000110. The molecule has 0 radical (unpaired) electrons. The number of hydrogen-bond donors (Lipinski definition) is 0. The predicted octanol–water partition coefficient (Wildman–Crippen LogP) is 10.3. The molecule has 0 unspecified atom stereocenters. The van der Waals surface area contributed by atoms with Crippen LogP contribution in [-0.2, 0) is 24.0 Å². The Morgan fingerprint density at radius 2 is 1.41 bits per heavy atom. The molecule has 2 nitrogen and oxygen atoms in total. The van der Waals surface area contributed by atoms with Gasteiger partial charge in [0.1, 0.15) is 5.78 Å². The molecular weight excluding hydrogens is 1080 g/mol. The minimum atomic E-state index is -0.278. The SMILES string of the molecule is C.C=C(C)[C@H]1CC=C(C)C(=O)C1.C=C(C)[C@H]1CC[C@@H](C)C(=O)C1.S.S.[I][V]([I])[I].[I][V][I]. The van der Waals surface area contributed by atoms with Gasteiger partial charge >= 0.3 is 114 Å². The Morgan fingerprint density at radius 1 is 1.00 bits per heavy atom. The second kappa shape index (κ2) is 28.1. The fourth-order valence-electron chi connectivity index (χ4n) is 2.86. The van der Waals surface area contributed by atoms with E-state index in [0.717, 1.165) is 36.8 Å². The van der Waals surface area contributed by atoms with Crippen molar-refractivity contribution in [2.75, 3.05) is 0 Å². The van der Waals surface area contributed by atoms with Crippen molar-refractivity contribution in [2.45, 2.75) is 67.2 Å². The molecule has 0 aromatic heterocycles. The Bertz CT molecular complexity index is 588. The molecule has 0 amide bonds. The third kappa shape index (κ3) is 25.7. The predicted molar refractivity (Wildman–Crippen MR) is 190 cm³/mol. The van der Waals surface area contributed by atoms with Gasteiger partial charge in [0.2, 0.25) is 0 Å². The van der Waals surface area contributed by atoms with Crippen LogP contribution < -0.4 is 0 Å². The van der Waals surface area contributed by atoms with Gasteiger partial charge in [-0.05, 0) is 57.4 Å². The first-order chi connectivity index (χ1) is 13.4. The van der Waals surface area contributed by atoms with Crippen molar-refractivity contribution >= 4 is 138 Å². The summed E-state index contributed by atoms with van der Waals surface area (Å²) in [4.78, 5) is 22.2. The zero-order valence-electron chi connectivity index (χ0n) is 18.4. The van der Waals surface area contributed by atoms with Gasteiger partial charge in [0, 0.05) is 18.8 Å². The first-order valence-electron chi connectivity index (χ1n) is 9.10. The summed E-state index contributed by atoms with van der Waals surface area (Å²) in [6.07, 6.45) is 6.62. The maximum atomic E-state index is 11.3. The van der Waals surface area contributed by atoms with Gasteiger partial charge in [-0.25, -0.2) is 0 Å². The van der Waals surface area contributed by atoms with E-state index in [0.29, 0.717) is 39.4 Å². The standard InChI is InChI=1S/C10H16O.C10H14O.CH4.5HI.2H2S.2V/c2*1-7(2)9-5-4-8(3)10(11)6-9;;;;;;;;;;/h8-9H,1,4-6H2,2-3H3;4,9H,1,5-6H2,2-3H3;1H4;5*1H;2*1H2;;/q;;;;;;;;;;+2;+3/p-5/t8-,9+;9-;;;;;;;;;;/m10........../s1. The summed E-state index contributed by atoms with van der Waals surface area (Å²) in [6.45, 7) is 15.7. The summed E-state index contributed by atoms with van der Waals surface area (Å²) in [6, 6.07) is 0. The van der Waals surface area contributed by atoms with E-state index in [1.807, 2.05) is 33.8 Å². The van der Waals surface area contributed by atoms with E-state index >= 15 is 0 Å². The average molecular weight is 1120 g/mol. The maximum absolute atomic E-state index is 11.3. The van der Waals surface area contributed by atoms with E-state index in [4.69, 9.17) is 0 Å². The van der Waals surface area contributed by atoms with Gasteiger partial charge in [-0.15, -0.1) is 0 Å². The van der Waals surface area contributed by atoms with E-state index in [9.17, 15) is 9.59 Å². The topological polar surface area (TPSA) is 34.1 Å². The van der Waals surface area contributed by atoms with Crippen molar-refractivity contribution < 1.29 is 24.0 Å². The molecule has 0 saturated heterocycles. The first-order valence-corrected chi connectivity index (χ1v) is 31.6. The number of Topliss-reactive ketones (excluding diaryl/α,β-unsaturated/α-hetero) is 2. The van der Waals surface area contributed by atoms with Gasteiger partial charge in [0.25, 0.3) is 0 Å². The van der Waals surface area contributed by atoms with Gasteiger partial charge in [-0.3, -0.25) is 9.59 Å². The number of hydrogen-bond acceptors (Lipinski definition) is 2. The van der Waals surface area contributed by atoms with Crippen LogP contribution in [-0.4, -0.2) is 11.6 Å². The quantitative estimate of drug-likeness (QED) is 0.204. The number of carbonyl (C=O) groups is 2. The Kier molecular flexibility index (Phi) is 40.4. The first kappa shape index (κ1) is 46.0. The van der Waals surface area contributed by atoms with Gasteiger partial charge in [0.05, 0.1) is 0 Å². The summed E-state index contributed by atoms with van der Waals surface area (Å²) in [5, 5.41) is 0. The molecular formula is C21H38I5O2S2V2. The zero-order chi connectivity index (χ0) is 23.1. The van der Waals surface area contributed by atoms with Gasteiger partial charge < -0.3 is 0 Å². The molecule has 1 saturated carbocycles. The molecule has 1 fully saturated rings. The molecule has 0 aliphatic heterocycles. The van der Waals surface area contributed by atoms with Crippen molar-refractivity contribution in [1.29, 1.82) is 0 Å². The van der Waals surface area contributed by atoms with E-state index in [-0.39, 0.29) is 45.1 Å². The minimum absolute atomic E-state index is 0. The fraction of sp³-hybridized carbons (Fsp3) is 0.619. The summed E-state index contributed by atoms with van der Waals surface area (Å²) in [5.74, 6) is 1.86. The molecule has 0 heterocycles. The van der Waals surface area contributed by atoms with Crippen molar-refractivity contribution in [3.8, 4) is 0 Å². The summed E-state index contributed by atoms with van der Waals surface area (Å²) < 4.78 is 0. The van der Waals surface area contributed by atoms with Crippen molar-refractivity contribution in [3.63, 3.8) is 0 Å². The molecule has 0 bridgehead atoms. The third-order valence-electron chi connectivity index (χ3n) is 4.92. The number of rotatable bonds is 2. The monoisotopic (exact) mass is 1120 g/mol.